The summed E-state index contributed by atoms with van der Waals surface area (Å²) < 4.78 is 69.2. The third kappa shape index (κ3) is 8.79. The molecule has 0 atom stereocenters. The highest BCUT2D eigenvalue weighted by molar-refractivity contribution is 5.94. The van der Waals surface area contributed by atoms with E-state index in [1.807, 2.05) is 53.4 Å². The van der Waals surface area contributed by atoms with Gasteiger partial charge in [0.1, 0.15) is 5.52 Å². The molecule has 2 heterocycles. The number of carbonyl (C=O) groups excluding carboxylic acids is 1. The Hall–Kier alpha value is -4.14. The van der Waals surface area contributed by atoms with E-state index in [4.69, 9.17) is 24.2 Å². The molecule has 1 aromatic heterocycles. The van der Waals surface area contributed by atoms with Crippen LogP contribution in [-0.2, 0) is 9.59 Å². The quantitative estimate of drug-likeness (QED) is 0.422. The minimum absolute atomic E-state index is 0.0793. The highest BCUT2D eigenvalue weighted by atomic mass is 19.4. The van der Waals surface area contributed by atoms with Gasteiger partial charge < -0.3 is 24.8 Å². The largest absolute Gasteiger partial charge is 0.490 e. The molecule has 1 aliphatic rings. The number of halogens is 6. The predicted molar refractivity (Wildman–Crippen MR) is 116 cm³/mol. The third-order valence-electron chi connectivity index (χ3n) is 4.56. The molecule has 3 aromatic rings. The number of hydrogen-bond donors (Lipinski definition) is 3. The number of carboxylic acid groups (broad SMARTS) is 2. The lowest BCUT2D eigenvalue weighted by atomic mass is 10.1. The van der Waals surface area contributed by atoms with Crippen molar-refractivity contribution in [3.8, 4) is 11.5 Å². The number of carbonyl (C=O) groups is 3. The molecule has 3 N–H and O–H groups in total. The summed E-state index contributed by atoms with van der Waals surface area (Å²) in [7, 11) is 0. The predicted octanol–water partition coefficient (Wildman–Crippen LogP) is 3.81. The smallest absolute Gasteiger partial charge is 0.475 e. The van der Waals surface area contributed by atoms with Crippen LogP contribution < -0.4 is 5.32 Å². The number of nitrogens with zero attached hydrogens (tertiary/aromatic N) is 2. The van der Waals surface area contributed by atoms with E-state index in [0.29, 0.717) is 11.5 Å². The van der Waals surface area contributed by atoms with Gasteiger partial charge in [-0.25, -0.2) is 14.6 Å². The van der Waals surface area contributed by atoms with E-state index in [-0.39, 0.29) is 5.91 Å². The van der Waals surface area contributed by atoms with Crippen molar-refractivity contribution in [2.45, 2.75) is 12.4 Å². The second-order valence-corrected chi connectivity index (χ2v) is 7.21. The zero-order valence-corrected chi connectivity index (χ0v) is 18.6. The third-order valence-corrected chi connectivity index (χ3v) is 4.56. The van der Waals surface area contributed by atoms with Crippen LogP contribution in [0.3, 0.4) is 0 Å². The molecule has 15 heteroatoms. The summed E-state index contributed by atoms with van der Waals surface area (Å²) in [6, 6.07) is 15.1. The van der Waals surface area contributed by atoms with Crippen LogP contribution in [0.4, 0.5) is 26.3 Å². The number of amides is 1. The number of nitrogens with one attached hydrogen (secondary N) is 1. The first-order chi connectivity index (χ1) is 17.2. The van der Waals surface area contributed by atoms with Crippen molar-refractivity contribution in [2.24, 2.45) is 0 Å². The number of alkyl halides is 6. The summed E-state index contributed by atoms with van der Waals surface area (Å²) in [5.74, 6) is -4.86. The number of para-hydroxylation sites is 2. The molecular formula is C22H19F6N3O6. The molecule has 2 aromatic carbocycles. The normalized spacial score (nSPS) is 13.6. The minimum atomic E-state index is -5.08. The number of carboxylic acids is 2. The van der Waals surface area contributed by atoms with Crippen LogP contribution in [0.15, 0.2) is 52.9 Å². The van der Waals surface area contributed by atoms with Gasteiger partial charge in [0.05, 0.1) is 0 Å². The highest BCUT2D eigenvalue weighted by Crippen LogP contribution is 2.24. The lowest BCUT2D eigenvalue weighted by Crippen LogP contribution is -2.46. The lowest BCUT2D eigenvalue weighted by molar-refractivity contribution is -0.193. The first-order valence-corrected chi connectivity index (χ1v) is 10.3. The molecule has 0 bridgehead atoms. The van der Waals surface area contributed by atoms with Crippen molar-refractivity contribution < 1.29 is 55.4 Å². The molecule has 1 amide bonds. The summed E-state index contributed by atoms with van der Waals surface area (Å²) in [5, 5.41) is 17.5. The average molecular weight is 535 g/mol. The van der Waals surface area contributed by atoms with E-state index in [1.54, 1.807) is 0 Å². The van der Waals surface area contributed by atoms with Crippen LogP contribution in [0.5, 0.6) is 0 Å². The number of benzene rings is 2. The van der Waals surface area contributed by atoms with Crippen LogP contribution in [0.1, 0.15) is 10.4 Å². The van der Waals surface area contributed by atoms with E-state index in [9.17, 15) is 31.1 Å². The first kappa shape index (κ1) is 29.1. The van der Waals surface area contributed by atoms with E-state index >= 15 is 0 Å². The Morgan fingerprint density at radius 3 is 1.78 bits per heavy atom. The van der Waals surface area contributed by atoms with Gasteiger partial charge in [0.2, 0.25) is 5.89 Å². The van der Waals surface area contributed by atoms with Gasteiger partial charge in [-0.2, -0.15) is 26.3 Å². The van der Waals surface area contributed by atoms with E-state index in [0.717, 1.165) is 42.8 Å². The Morgan fingerprint density at radius 2 is 1.32 bits per heavy atom. The molecule has 0 spiro atoms. The van der Waals surface area contributed by atoms with Gasteiger partial charge in [-0.1, -0.05) is 12.1 Å². The van der Waals surface area contributed by atoms with Gasteiger partial charge in [-0.3, -0.25) is 4.79 Å². The molecule has 37 heavy (non-hydrogen) atoms. The number of aromatic nitrogens is 1. The van der Waals surface area contributed by atoms with Crippen molar-refractivity contribution in [3.05, 3.63) is 54.1 Å². The summed E-state index contributed by atoms with van der Waals surface area (Å²) >= 11 is 0. The number of oxazole rings is 1. The van der Waals surface area contributed by atoms with Gasteiger partial charge in [-0.15, -0.1) is 0 Å². The van der Waals surface area contributed by atoms with Crippen molar-refractivity contribution in [3.63, 3.8) is 0 Å². The number of piperazine rings is 1. The lowest BCUT2D eigenvalue weighted by Gasteiger charge is -2.27. The summed E-state index contributed by atoms with van der Waals surface area (Å²) in [6.45, 7) is 3.22. The molecule has 200 valence electrons. The fourth-order valence-corrected chi connectivity index (χ4v) is 2.80. The maximum atomic E-state index is 12.4. The molecule has 0 radical (unpaired) electrons. The van der Waals surface area contributed by atoms with Crippen LogP contribution >= 0.6 is 0 Å². The maximum Gasteiger partial charge on any atom is 0.490 e. The monoisotopic (exact) mass is 535 g/mol. The zero-order valence-electron chi connectivity index (χ0n) is 18.6. The summed E-state index contributed by atoms with van der Waals surface area (Å²) in [6.07, 6.45) is -10.2. The Morgan fingerprint density at radius 1 is 0.838 bits per heavy atom. The molecule has 0 aliphatic carbocycles. The van der Waals surface area contributed by atoms with Crippen LogP contribution in [0.25, 0.3) is 22.6 Å². The molecule has 1 saturated heterocycles. The molecule has 0 unspecified atom stereocenters. The van der Waals surface area contributed by atoms with Gasteiger partial charge in [0.15, 0.2) is 5.58 Å². The Bertz CT molecular complexity index is 1160. The van der Waals surface area contributed by atoms with Crippen LogP contribution in [0.2, 0.25) is 0 Å². The topological polar surface area (TPSA) is 133 Å². The van der Waals surface area contributed by atoms with Crippen molar-refractivity contribution in [2.75, 3.05) is 26.2 Å². The van der Waals surface area contributed by atoms with Gasteiger partial charge in [0.25, 0.3) is 5.91 Å². The maximum absolute atomic E-state index is 12.4. The van der Waals surface area contributed by atoms with Crippen molar-refractivity contribution >= 4 is 28.9 Å². The van der Waals surface area contributed by atoms with Crippen LogP contribution in [-0.4, -0.2) is 76.5 Å². The standard InChI is InChI=1S/C18H17N3O2.2C2HF3O2/c22-18(21-11-9-19-10-12-21)14-7-5-13(6-8-14)17-20-15-3-1-2-4-16(15)23-17;2*3-2(4,5)1(6)7/h1-8,19H,9-12H2;2*(H,6,7). The molecular weight excluding hydrogens is 516 g/mol. The SMILES string of the molecule is O=C(O)C(F)(F)F.O=C(O)C(F)(F)F.O=C(c1ccc(-c2nc3ccccc3o2)cc1)N1CCNCC1. The average Bonchev–Trinajstić information content (AvgIpc) is 3.28. The van der Waals surface area contributed by atoms with Gasteiger partial charge >= 0.3 is 24.3 Å². The van der Waals surface area contributed by atoms with Gasteiger partial charge in [0, 0.05) is 37.3 Å². The van der Waals surface area contributed by atoms with Gasteiger partial charge in [-0.05, 0) is 36.4 Å². The minimum Gasteiger partial charge on any atom is -0.475 e. The highest BCUT2D eigenvalue weighted by Gasteiger charge is 2.38. The van der Waals surface area contributed by atoms with E-state index in [1.165, 1.54) is 0 Å². The number of rotatable bonds is 2. The molecule has 1 aliphatic heterocycles. The van der Waals surface area contributed by atoms with Crippen LogP contribution in [0, 0.1) is 0 Å². The van der Waals surface area contributed by atoms with Crippen molar-refractivity contribution in [1.82, 2.24) is 15.2 Å². The fourth-order valence-electron chi connectivity index (χ4n) is 2.80. The number of hydrogen-bond acceptors (Lipinski definition) is 6. The second-order valence-electron chi connectivity index (χ2n) is 7.21. The zero-order chi connectivity index (χ0) is 27.8. The Kier molecular flexibility index (Phi) is 9.60. The fraction of sp³-hybridized carbons (Fsp3) is 0.273. The second kappa shape index (κ2) is 12.2. The Balaban J connectivity index is 0.000000286. The Labute approximate surface area is 204 Å². The summed E-state index contributed by atoms with van der Waals surface area (Å²) in [5.41, 5.74) is 3.18. The molecule has 9 nitrogen and oxygen atoms in total. The van der Waals surface area contributed by atoms with Crippen molar-refractivity contribution in [1.29, 1.82) is 0 Å². The molecule has 4 rings (SSSR count). The van der Waals surface area contributed by atoms with E-state index in [2.05, 4.69) is 10.3 Å². The first-order valence-electron chi connectivity index (χ1n) is 10.3. The number of fused-ring (bicyclic) bond motifs is 1. The number of aliphatic carboxylic acids is 2. The summed E-state index contributed by atoms with van der Waals surface area (Å²) in [4.78, 5) is 36.6. The molecule has 0 saturated carbocycles. The molecule has 1 fully saturated rings. The van der Waals surface area contributed by atoms with E-state index < -0.39 is 24.3 Å².